The molecule has 134 valence electrons. The molecule has 0 saturated carbocycles. The molecule has 7 heteroatoms. The second-order valence-electron chi connectivity index (χ2n) is 3.71. The number of aliphatic hydroxyl groups is 4. The molecule has 0 bridgehead atoms. The first-order valence-corrected chi connectivity index (χ1v) is 7.27. The summed E-state index contributed by atoms with van der Waals surface area (Å²) in [4.78, 5) is 10.4. The molecule has 0 aliphatic rings. The van der Waals surface area contributed by atoms with Gasteiger partial charge in [0.15, 0.2) is 0 Å². The molecule has 0 heterocycles. The third-order valence-corrected chi connectivity index (χ3v) is 1.28. The van der Waals surface area contributed by atoms with Crippen LogP contribution < -0.4 is 0 Å². The molecule has 0 atom stereocenters. The monoisotopic (exact) mass is 400 g/mol. The minimum absolute atomic E-state index is 0. The summed E-state index contributed by atoms with van der Waals surface area (Å²) in [6.45, 7) is 10.2. The van der Waals surface area contributed by atoms with Crippen molar-refractivity contribution >= 4 is 5.97 Å². The van der Waals surface area contributed by atoms with E-state index in [1.807, 2.05) is 20.8 Å². The Morgan fingerprint density at radius 1 is 0.909 bits per heavy atom. The molecule has 0 aromatic carbocycles. The fraction of sp³-hybridized carbons (Fsp3) is 0.800. The molecule has 0 aliphatic carbocycles. The molecule has 0 aromatic heterocycles. The SMILES string of the molecule is CCCO.CCCO.CCCO.CCOC(=O)/C=C(/C)O.[Zr]. The summed E-state index contributed by atoms with van der Waals surface area (Å²) in [5, 5.41) is 32.1. The molecule has 0 amide bonds. The van der Waals surface area contributed by atoms with Crippen LogP contribution >= 0.6 is 0 Å². The van der Waals surface area contributed by atoms with Gasteiger partial charge < -0.3 is 25.2 Å². The van der Waals surface area contributed by atoms with E-state index in [1.165, 1.54) is 6.92 Å². The standard InChI is InChI=1S/C6H10O3.3C3H8O.Zr/c1-3-9-6(8)4-5(2)7;3*1-2-3-4;/h4,7H,3H2,1-2H3;3*4H,2-3H2,1H3;/b5-4-;;;;. The van der Waals surface area contributed by atoms with Gasteiger partial charge in [0.1, 0.15) is 0 Å². The number of esters is 1. The van der Waals surface area contributed by atoms with Crippen LogP contribution in [0.3, 0.4) is 0 Å². The Bertz CT molecular complexity index is 191. The van der Waals surface area contributed by atoms with E-state index in [0.717, 1.165) is 25.3 Å². The average Bonchev–Trinajstić information content (AvgIpc) is 2.47. The fourth-order valence-corrected chi connectivity index (χ4v) is 0.354. The van der Waals surface area contributed by atoms with Crippen molar-refractivity contribution in [2.45, 2.75) is 53.9 Å². The van der Waals surface area contributed by atoms with Crippen molar-refractivity contribution in [2.75, 3.05) is 26.4 Å². The summed E-state index contributed by atoms with van der Waals surface area (Å²) in [6, 6.07) is 0. The van der Waals surface area contributed by atoms with E-state index in [4.69, 9.17) is 20.4 Å². The second kappa shape index (κ2) is 37.2. The van der Waals surface area contributed by atoms with Crippen LogP contribution in [0.15, 0.2) is 11.8 Å². The van der Waals surface area contributed by atoms with E-state index in [0.29, 0.717) is 26.4 Å². The van der Waals surface area contributed by atoms with E-state index in [2.05, 4.69) is 4.74 Å². The zero-order chi connectivity index (χ0) is 17.5. The Morgan fingerprint density at radius 2 is 1.18 bits per heavy atom. The molecule has 0 fully saturated rings. The van der Waals surface area contributed by atoms with Crippen molar-refractivity contribution in [1.29, 1.82) is 0 Å². The number of hydrogen-bond donors (Lipinski definition) is 4. The molecule has 0 aliphatic heterocycles. The van der Waals surface area contributed by atoms with Crippen molar-refractivity contribution in [2.24, 2.45) is 0 Å². The van der Waals surface area contributed by atoms with Gasteiger partial charge in [0.2, 0.25) is 0 Å². The molecule has 22 heavy (non-hydrogen) atoms. The Morgan fingerprint density at radius 3 is 1.32 bits per heavy atom. The average molecular weight is 402 g/mol. The molecular formula is C15H34O6Zr. The van der Waals surface area contributed by atoms with Crippen molar-refractivity contribution in [3.05, 3.63) is 11.8 Å². The van der Waals surface area contributed by atoms with Crippen molar-refractivity contribution in [3.63, 3.8) is 0 Å². The van der Waals surface area contributed by atoms with Crippen LogP contribution in [0, 0.1) is 0 Å². The van der Waals surface area contributed by atoms with Crippen molar-refractivity contribution in [3.8, 4) is 0 Å². The normalized spacial score (nSPS) is 8.64. The van der Waals surface area contributed by atoms with Crippen molar-refractivity contribution in [1.82, 2.24) is 0 Å². The number of hydrogen-bond acceptors (Lipinski definition) is 6. The first-order valence-electron chi connectivity index (χ1n) is 7.27. The predicted molar refractivity (Wildman–Crippen MR) is 85.1 cm³/mol. The van der Waals surface area contributed by atoms with E-state index in [-0.39, 0.29) is 32.0 Å². The Balaban J connectivity index is -0.0000000632. The van der Waals surface area contributed by atoms with Gasteiger partial charge in [-0.25, -0.2) is 4.79 Å². The first-order chi connectivity index (χ1) is 9.91. The summed E-state index contributed by atoms with van der Waals surface area (Å²) < 4.78 is 4.48. The number of aliphatic hydroxyl groups excluding tert-OH is 4. The molecule has 0 aromatic rings. The summed E-state index contributed by atoms with van der Waals surface area (Å²) >= 11 is 0. The van der Waals surface area contributed by atoms with Crippen LogP contribution in [0.25, 0.3) is 0 Å². The van der Waals surface area contributed by atoms with Gasteiger partial charge in [-0.05, 0) is 33.1 Å². The van der Waals surface area contributed by atoms with Crippen LogP contribution in [-0.4, -0.2) is 52.8 Å². The quantitative estimate of drug-likeness (QED) is 0.319. The molecule has 0 spiro atoms. The summed E-state index contributed by atoms with van der Waals surface area (Å²) in [7, 11) is 0. The number of allylic oxidation sites excluding steroid dienone is 1. The van der Waals surface area contributed by atoms with Gasteiger partial charge in [0.25, 0.3) is 0 Å². The largest absolute Gasteiger partial charge is 0.512 e. The van der Waals surface area contributed by atoms with E-state index in [1.54, 1.807) is 6.92 Å². The molecule has 0 saturated heterocycles. The smallest absolute Gasteiger partial charge is 0.334 e. The van der Waals surface area contributed by atoms with E-state index in [9.17, 15) is 4.79 Å². The van der Waals surface area contributed by atoms with Crippen LogP contribution in [-0.2, 0) is 35.7 Å². The maximum Gasteiger partial charge on any atom is 0.334 e. The Kier molecular flexibility index (Phi) is 56.5. The summed E-state index contributed by atoms with van der Waals surface area (Å²) in [5.41, 5.74) is 0. The van der Waals surface area contributed by atoms with E-state index >= 15 is 0 Å². The van der Waals surface area contributed by atoms with Gasteiger partial charge in [-0.2, -0.15) is 0 Å². The van der Waals surface area contributed by atoms with Gasteiger partial charge in [-0.15, -0.1) is 0 Å². The maximum absolute atomic E-state index is 10.4. The number of rotatable bonds is 5. The minimum atomic E-state index is -0.502. The van der Waals surface area contributed by atoms with Gasteiger partial charge in [-0.1, -0.05) is 20.8 Å². The maximum atomic E-state index is 10.4. The Labute approximate surface area is 154 Å². The topological polar surface area (TPSA) is 107 Å². The number of carbonyl (C=O) groups excluding carboxylic acids is 1. The van der Waals surface area contributed by atoms with Gasteiger partial charge in [-0.3, -0.25) is 0 Å². The second-order valence-corrected chi connectivity index (χ2v) is 3.71. The molecule has 0 radical (unpaired) electrons. The third-order valence-electron chi connectivity index (χ3n) is 1.28. The fourth-order valence-electron chi connectivity index (χ4n) is 0.354. The first kappa shape index (κ1) is 33.4. The van der Waals surface area contributed by atoms with Crippen LogP contribution in [0.5, 0.6) is 0 Å². The molecule has 0 rings (SSSR count). The molecule has 6 nitrogen and oxygen atoms in total. The number of ether oxygens (including phenoxy) is 1. The zero-order valence-corrected chi connectivity index (χ0v) is 17.1. The minimum Gasteiger partial charge on any atom is -0.512 e. The van der Waals surface area contributed by atoms with Gasteiger partial charge >= 0.3 is 5.97 Å². The number of carbonyl (C=O) groups is 1. The predicted octanol–water partition coefficient (Wildman–Crippen LogP) is 2.17. The summed E-state index contributed by atoms with van der Waals surface area (Å²) in [6.07, 6.45) is 3.66. The van der Waals surface area contributed by atoms with Crippen LogP contribution in [0.4, 0.5) is 0 Å². The zero-order valence-electron chi connectivity index (χ0n) is 14.6. The third kappa shape index (κ3) is 73.0. The molecule has 0 unspecified atom stereocenters. The Hall–Kier alpha value is -0.227. The molecule has 4 N–H and O–H groups in total. The van der Waals surface area contributed by atoms with Crippen LogP contribution in [0.2, 0.25) is 0 Å². The van der Waals surface area contributed by atoms with Gasteiger partial charge in [0, 0.05) is 46.0 Å². The van der Waals surface area contributed by atoms with Crippen molar-refractivity contribution < 1.29 is 56.2 Å². The van der Waals surface area contributed by atoms with Gasteiger partial charge in [0.05, 0.1) is 18.4 Å². The summed E-state index contributed by atoms with van der Waals surface area (Å²) in [5.74, 6) is -0.536. The van der Waals surface area contributed by atoms with E-state index < -0.39 is 5.97 Å². The molecular weight excluding hydrogens is 367 g/mol. The van der Waals surface area contributed by atoms with Crippen LogP contribution in [0.1, 0.15) is 53.9 Å².